The second-order valence-electron chi connectivity index (χ2n) is 5.35. The summed E-state index contributed by atoms with van der Waals surface area (Å²) in [4.78, 5) is 40.5. The number of carboxylic acid groups (broad SMARTS) is 4. The van der Waals surface area contributed by atoms with Crippen LogP contribution < -0.4 is 20.4 Å². The molecule has 0 rings (SSSR count). The largest absolute Gasteiger partial charge is 2.00 e. The predicted octanol–water partition coefficient (Wildman–Crippen LogP) is -3.71. The van der Waals surface area contributed by atoms with Gasteiger partial charge in [-0.25, -0.2) is 0 Å². The van der Waals surface area contributed by atoms with Crippen LogP contribution in [-0.2, 0) is 58.1 Å². The van der Waals surface area contributed by atoms with Crippen molar-refractivity contribution in [2.45, 2.75) is 40.5 Å². The van der Waals surface area contributed by atoms with E-state index in [0.717, 1.165) is 0 Å². The van der Waals surface area contributed by atoms with E-state index in [9.17, 15) is 39.6 Å². The van der Waals surface area contributed by atoms with Gasteiger partial charge in [0.1, 0.15) is 0 Å². The minimum Gasteiger partial charge on any atom is -0.550 e. The summed E-state index contributed by atoms with van der Waals surface area (Å²) in [7, 11) is 0. The van der Waals surface area contributed by atoms with Crippen LogP contribution in [0.5, 0.6) is 0 Å². The zero-order valence-electron chi connectivity index (χ0n) is 14.4. The van der Waals surface area contributed by atoms with E-state index in [2.05, 4.69) is 0 Å². The zero-order chi connectivity index (χ0) is 18.0. The van der Waals surface area contributed by atoms with Gasteiger partial charge in [0.15, 0.2) is 0 Å². The van der Waals surface area contributed by atoms with Gasteiger partial charge < -0.3 is 39.6 Å². The molecule has 0 aliphatic rings. The number of aliphatic carboxylic acids is 4. The Hall–Kier alpha value is -0.873. The van der Waals surface area contributed by atoms with Crippen LogP contribution in [0.15, 0.2) is 0 Å². The van der Waals surface area contributed by atoms with Crippen molar-refractivity contribution < 1.29 is 78.6 Å². The third kappa shape index (κ3) is 16.0. The Morgan fingerprint density at radius 1 is 0.542 bits per heavy atom. The Morgan fingerprint density at radius 2 is 0.667 bits per heavy atom. The van der Waals surface area contributed by atoms with Crippen molar-refractivity contribution in [1.82, 2.24) is 0 Å². The molecule has 4 atom stereocenters. The van der Waals surface area contributed by atoms with Crippen LogP contribution in [-0.4, -0.2) is 23.9 Å². The van der Waals surface area contributed by atoms with Gasteiger partial charge in [-0.1, -0.05) is 27.7 Å². The molecule has 0 bridgehead atoms. The van der Waals surface area contributed by atoms with Crippen LogP contribution in [0.3, 0.4) is 0 Å². The molecule has 4 unspecified atom stereocenters. The predicted molar refractivity (Wildman–Crippen MR) is 65.9 cm³/mol. The van der Waals surface area contributed by atoms with Crippen molar-refractivity contribution in [2.24, 2.45) is 23.7 Å². The molecule has 0 aromatic rings. The number of hydrogen-bond donors (Lipinski definition) is 0. The van der Waals surface area contributed by atoms with Crippen LogP contribution >= 0.6 is 0 Å². The number of hydrogen-bond acceptors (Lipinski definition) is 8. The van der Waals surface area contributed by atoms with Gasteiger partial charge in [0.05, 0.1) is 0 Å². The number of carbonyl (C=O) groups is 4. The third-order valence-corrected chi connectivity index (χ3v) is 3.02. The maximum Gasteiger partial charge on any atom is 2.00 e. The second kappa shape index (κ2) is 15.6. The maximum atomic E-state index is 10.1. The molecule has 10 heteroatoms. The van der Waals surface area contributed by atoms with E-state index >= 15 is 0 Å². The van der Waals surface area contributed by atoms with Crippen LogP contribution in [0.2, 0.25) is 0 Å². The molecule has 0 fully saturated rings. The second-order valence-corrected chi connectivity index (χ2v) is 5.35. The van der Waals surface area contributed by atoms with E-state index < -0.39 is 47.5 Å². The van der Waals surface area contributed by atoms with E-state index in [1.165, 1.54) is 27.7 Å². The quantitative estimate of drug-likeness (QED) is 0.344. The molecule has 0 heterocycles. The number of rotatable bonds is 8. The molecule has 128 valence electrons. The van der Waals surface area contributed by atoms with Gasteiger partial charge >= 0.3 is 39.0 Å². The van der Waals surface area contributed by atoms with Gasteiger partial charge in [0, 0.05) is 23.9 Å². The van der Waals surface area contributed by atoms with Crippen molar-refractivity contribution >= 4 is 23.9 Å². The summed E-state index contributed by atoms with van der Waals surface area (Å²) in [5.41, 5.74) is 0. The summed E-state index contributed by atoms with van der Waals surface area (Å²) in [5, 5.41) is 40.5. The van der Waals surface area contributed by atoms with E-state index in [0.29, 0.717) is 0 Å². The molecule has 0 spiro atoms. The van der Waals surface area contributed by atoms with Gasteiger partial charge in [-0.3, -0.25) is 0 Å². The van der Waals surface area contributed by atoms with E-state index in [-0.39, 0.29) is 51.8 Å². The molecule has 0 aliphatic carbocycles. The first-order chi connectivity index (χ1) is 9.89. The number of carbonyl (C=O) groups excluding carboxylic acids is 4. The van der Waals surface area contributed by atoms with E-state index in [1.54, 1.807) is 0 Å². The summed E-state index contributed by atoms with van der Waals surface area (Å²) in [6.45, 7) is 5.65. The average molecular weight is 447 g/mol. The fourth-order valence-corrected chi connectivity index (χ4v) is 1.45. The topological polar surface area (TPSA) is 161 Å². The van der Waals surface area contributed by atoms with Gasteiger partial charge in [0.25, 0.3) is 0 Å². The molecule has 0 aromatic carbocycles. The van der Waals surface area contributed by atoms with Crippen LogP contribution in [0, 0.1) is 23.7 Å². The molecule has 0 saturated heterocycles. The van der Waals surface area contributed by atoms with E-state index in [1.807, 2.05) is 0 Å². The fourth-order valence-electron chi connectivity index (χ4n) is 1.45. The molecule has 0 aliphatic heterocycles. The third-order valence-electron chi connectivity index (χ3n) is 3.02. The Morgan fingerprint density at radius 3 is 0.750 bits per heavy atom. The summed E-state index contributed by atoms with van der Waals surface area (Å²) in [6, 6.07) is 0. The summed E-state index contributed by atoms with van der Waals surface area (Å²) in [6.07, 6.45) is 0.120. The van der Waals surface area contributed by atoms with Crippen LogP contribution in [0.25, 0.3) is 0 Å². The van der Waals surface area contributed by atoms with Gasteiger partial charge in [-0.2, -0.15) is 0 Å². The minimum absolute atomic E-state index is 0. The molecular formula is C14H20O8Zn2. The van der Waals surface area contributed by atoms with Crippen LogP contribution in [0.4, 0.5) is 0 Å². The van der Waals surface area contributed by atoms with Gasteiger partial charge in [-0.15, -0.1) is 0 Å². The molecule has 0 amide bonds. The molecular weight excluding hydrogens is 427 g/mol. The molecule has 24 heavy (non-hydrogen) atoms. The summed E-state index contributed by atoms with van der Waals surface area (Å²) >= 11 is 0. The Labute approximate surface area is 166 Å². The SMILES string of the molecule is CC(CC(C)C(=O)[O-])C(=O)[O-].CC(CC(C)C(=O)[O-])C(=O)[O-].[Zn+2].[Zn+2]. The van der Waals surface area contributed by atoms with Crippen molar-refractivity contribution in [2.75, 3.05) is 0 Å². The van der Waals surface area contributed by atoms with Gasteiger partial charge in [-0.05, 0) is 36.5 Å². The van der Waals surface area contributed by atoms with Crippen molar-refractivity contribution in [3.05, 3.63) is 0 Å². The Kier molecular flexibility index (Phi) is 20.2. The zero-order valence-corrected chi connectivity index (χ0v) is 20.3. The minimum atomic E-state index is -1.22. The average Bonchev–Trinajstić information content (AvgIpc) is 2.38. The van der Waals surface area contributed by atoms with Crippen LogP contribution in [0.1, 0.15) is 40.5 Å². The molecule has 0 aromatic heterocycles. The van der Waals surface area contributed by atoms with Crippen molar-refractivity contribution in [3.8, 4) is 0 Å². The Bertz CT molecular complexity index is 340. The monoisotopic (exact) mass is 444 g/mol. The first-order valence-electron chi connectivity index (χ1n) is 6.73. The molecule has 0 radical (unpaired) electrons. The fraction of sp³-hybridized carbons (Fsp3) is 0.714. The standard InChI is InChI=1S/2C7H12O4.2Zn/c2*1-4(6(8)9)3-5(2)7(10)11;;/h2*4-5H,3H2,1-2H3,(H,8,9)(H,10,11);;/q;;2*+2/p-4. The summed E-state index contributed by atoms with van der Waals surface area (Å²) < 4.78 is 0. The van der Waals surface area contributed by atoms with Gasteiger partial charge in [0.2, 0.25) is 0 Å². The molecule has 0 saturated carbocycles. The first kappa shape index (κ1) is 31.0. The first-order valence-corrected chi connectivity index (χ1v) is 6.73. The molecule has 8 nitrogen and oxygen atoms in total. The van der Waals surface area contributed by atoms with Crippen molar-refractivity contribution in [3.63, 3.8) is 0 Å². The number of carboxylic acids is 4. The smallest absolute Gasteiger partial charge is 0.550 e. The summed E-state index contributed by atoms with van der Waals surface area (Å²) in [5.74, 6) is -7.83. The van der Waals surface area contributed by atoms with E-state index in [4.69, 9.17) is 0 Å². The normalized spacial score (nSPS) is 14.2. The maximum absolute atomic E-state index is 10.1. The van der Waals surface area contributed by atoms with Crippen molar-refractivity contribution in [1.29, 1.82) is 0 Å². The Balaban J connectivity index is -0.000000154. The molecule has 0 N–H and O–H groups in total.